The smallest absolute Gasteiger partial charge is 0.228 e. The van der Waals surface area contributed by atoms with Crippen LogP contribution in [0.1, 0.15) is 13.3 Å². The van der Waals surface area contributed by atoms with Gasteiger partial charge in [-0.3, -0.25) is 0 Å². The van der Waals surface area contributed by atoms with Crippen molar-refractivity contribution >= 4 is 9.84 Å². The lowest BCUT2D eigenvalue weighted by Gasteiger charge is -2.14. The van der Waals surface area contributed by atoms with Crippen LogP contribution >= 0.6 is 0 Å². The first kappa shape index (κ1) is 11.1. The summed E-state index contributed by atoms with van der Waals surface area (Å²) >= 11 is 0. The summed E-state index contributed by atoms with van der Waals surface area (Å²) in [4.78, 5) is 3.95. The lowest BCUT2D eigenvalue weighted by Crippen LogP contribution is -2.23. The van der Waals surface area contributed by atoms with Gasteiger partial charge in [0.15, 0.2) is 0 Å². The van der Waals surface area contributed by atoms with Gasteiger partial charge in [0.1, 0.15) is 0 Å². The van der Waals surface area contributed by atoms with E-state index >= 15 is 0 Å². The molecule has 1 atom stereocenters. The van der Waals surface area contributed by atoms with E-state index in [2.05, 4.69) is 4.98 Å². The van der Waals surface area contributed by atoms with Gasteiger partial charge in [0.25, 0.3) is 0 Å². The number of hydrogen-bond acceptors (Lipinski definition) is 3. The molecule has 0 spiro atoms. The van der Waals surface area contributed by atoms with Gasteiger partial charge >= 0.3 is 0 Å². The summed E-state index contributed by atoms with van der Waals surface area (Å²) in [5.74, 6) is 0. The van der Waals surface area contributed by atoms with Gasteiger partial charge in [0.2, 0.25) is 15.0 Å². The Bertz CT molecular complexity index is 526. The molecule has 1 aromatic rings. The molecule has 1 aliphatic rings. The van der Waals surface area contributed by atoms with Crippen molar-refractivity contribution in [2.75, 3.05) is 0 Å². The van der Waals surface area contributed by atoms with E-state index in [1.807, 2.05) is 19.1 Å². The molecule has 1 heterocycles. The average Bonchev–Trinajstić information content (AvgIpc) is 2.79. The molecule has 0 bridgehead atoms. The monoisotopic (exact) mass is 238 g/mol. The third-order valence-electron chi connectivity index (χ3n) is 2.61. The van der Waals surface area contributed by atoms with E-state index in [0.717, 1.165) is 0 Å². The van der Waals surface area contributed by atoms with Gasteiger partial charge in [-0.2, -0.15) is 0 Å². The fourth-order valence-electron chi connectivity index (χ4n) is 1.72. The molecule has 1 unspecified atom stereocenters. The summed E-state index contributed by atoms with van der Waals surface area (Å²) in [6, 6.07) is 0. The van der Waals surface area contributed by atoms with Gasteiger partial charge < -0.3 is 4.57 Å². The maximum absolute atomic E-state index is 12.3. The van der Waals surface area contributed by atoms with E-state index in [1.54, 1.807) is 22.9 Å². The van der Waals surface area contributed by atoms with Gasteiger partial charge in [0, 0.05) is 18.9 Å². The molecule has 0 N–H and O–H groups in total. The maximum atomic E-state index is 12.3. The molecule has 0 saturated carbocycles. The van der Waals surface area contributed by atoms with Crippen LogP contribution in [0.25, 0.3) is 0 Å². The van der Waals surface area contributed by atoms with E-state index in [0.29, 0.717) is 13.0 Å². The van der Waals surface area contributed by atoms with Gasteiger partial charge in [-0.05, 0) is 13.3 Å². The van der Waals surface area contributed by atoms with Crippen molar-refractivity contribution in [2.24, 2.45) is 0 Å². The topological polar surface area (TPSA) is 52.0 Å². The molecule has 1 aliphatic carbocycles. The van der Waals surface area contributed by atoms with Gasteiger partial charge in [-0.15, -0.1) is 0 Å². The average molecular weight is 238 g/mol. The Labute approximate surface area is 95.2 Å². The van der Waals surface area contributed by atoms with Crippen LogP contribution in [0, 0.1) is 0 Å². The van der Waals surface area contributed by atoms with Crippen LogP contribution in [0.2, 0.25) is 0 Å². The largest absolute Gasteiger partial charge is 0.322 e. The highest BCUT2D eigenvalue weighted by Gasteiger charge is 2.28. The zero-order valence-electron chi connectivity index (χ0n) is 9.07. The molecule has 2 rings (SSSR count). The quantitative estimate of drug-likeness (QED) is 0.803. The number of aromatic nitrogens is 2. The number of allylic oxidation sites excluding steroid dienone is 3. The Hall–Kier alpha value is -1.36. The second-order valence-electron chi connectivity index (χ2n) is 3.63. The molecule has 0 radical (unpaired) electrons. The number of nitrogens with zero attached hydrogens (tertiary/aromatic N) is 2. The highest BCUT2D eigenvalue weighted by atomic mass is 32.2. The second kappa shape index (κ2) is 4.25. The predicted molar refractivity (Wildman–Crippen MR) is 61.8 cm³/mol. The first-order valence-electron chi connectivity index (χ1n) is 5.24. The van der Waals surface area contributed by atoms with Crippen molar-refractivity contribution in [3.05, 3.63) is 36.7 Å². The molecule has 16 heavy (non-hydrogen) atoms. The summed E-state index contributed by atoms with van der Waals surface area (Å²) in [7, 11) is -3.35. The normalized spacial score (nSPS) is 20.2. The Morgan fingerprint density at radius 2 is 2.31 bits per heavy atom. The third kappa shape index (κ3) is 1.82. The summed E-state index contributed by atoms with van der Waals surface area (Å²) in [6.45, 7) is 2.51. The molecule has 1 aromatic heterocycles. The van der Waals surface area contributed by atoms with Crippen molar-refractivity contribution < 1.29 is 8.42 Å². The van der Waals surface area contributed by atoms with E-state index in [1.165, 1.54) is 6.20 Å². The fourth-order valence-corrected chi connectivity index (χ4v) is 3.37. The summed E-state index contributed by atoms with van der Waals surface area (Å²) in [5.41, 5.74) is 0. The number of hydrogen-bond donors (Lipinski definition) is 0. The molecule has 0 aromatic carbocycles. The standard InChI is InChI=1S/C11H14N2O2S/c1-2-13-9-8-12-11(13)16(14,15)10-6-4-3-5-7-10/h3-6,8-10H,2,7H2,1H3. The fraction of sp³-hybridized carbons (Fsp3) is 0.364. The Morgan fingerprint density at radius 3 is 2.94 bits per heavy atom. The number of rotatable bonds is 3. The Balaban J connectivity index is 2.39. The summed E-state index contributed by atoms with van der Waals surface area (Å²) in [5, 5.41) is -0.315. The van der Waals surface area contributed by atoms with Crippen molar-refractivity contribution in [3.8, 4) is 0 Å². The van der Waals surface area contributed by atoms with E-state index in [4.69, 9.17) is 0 Å². The lowest BCUT2D eigenvalue weighted by molar-refractivity contribution is 0.561. The zero-order valence-corrected chi connectivity index (χ0v) is 9.89. The molecule has 0 aliphatic heterocycles. The molecule has 0 amide bonds. The maximum Gasteiger partial charge on any atom is 0.228 e. The molecular weight excluding hydrogens is 224 g/mol. The van der Waals surface area contributed by atoms with E-state index < -0.39 is 15.1 Å². The molecular formula is C11H14N2O2S. The van der Waals surface area contributed by atoms with Crippen LogP contribution in [0.5, 0.6) is 0 Å². The van der Waals surface area contributed by atoms with Crippen LogP contribution in [0.3, 0.4) is 0 Å². The SMILES string of the molecule is CCn1ccnc1S(=O)(=O)C1C=CC=CC1. The first-order chi connectivity index (χ1) is 7.66. The molecule has 4 nitrogen and oxygen atoms in total. The minimum absolute atomic E-state index is 0.167. The van der Waals surface area contributed by atoms with Crippen LogP contribution in [0.4, 0.5) is 0 Å². The van der Waals surface area contributed by atoms with E-state index in [-0.39, 0.29) is 5.16 Å². The number of aryl methyl sites for hydroxylation is 1. The van der Waals surface area contributed by atoms with Gasteiger partial charge in [0.05, 0.1) is 5.25 Å². The van der Waals surface area contributed by atoms with Crippen LogP contribution in [0.15, 0.2) is 41.9 Å². The molecule has 0 saturated heterocycles. The van der Waals surface area contributed by atoms with Crippen molar-refractivity contribution in [3.63, 3.8) is 0 Å². The van der Waals surface area contributed by atoms with E-state index in [9.17, 15) is 8.42 Å². The Kier molecular flexibility index (Phi) is 2.96. The highest BCUT2D eigenvalue weighted by Crippen LogP contribution is 2.20. The molecule has 0 fully saturated rings. The van der Waals surface area contributed by atoms with Crippen LogP contribution in [-0.4, -0.2) is 23.2 Å². The highest BCUT2D eigenvalue weighted by molar-refractivity contribution is 7.92. The molecule has 5 heteroatoms. The van der Waals surface area contributed by atoms with Crippen LogP contribution in [-0.2, 0) is 16.4 Å². The zero-order chi connectivity index (χ0) is 11.6. The van der Waals surface area contributed by atoms with Crippen LogP contribution < -0.4 is 0 Å². The predicted octanol–water partition coefficient (Wildman–Crippen LogP) is 1.56. The first-order valence-corrected chi connectivity index (χ1v) is 6.79. The number of imidazole rings is 1. The van der Waals surface area contributed by atoms with Gasteiger partial charge in [-0.25, -0.2) is 13.4 Å². The van der Waals surface area contributed by atoms with Crippen molar-refractivity contribution in [1.29, 1.82) is 0 Å². The van der Waals surface area contributed by atoms with Gasteiger partial charge in [-0.1, -0.05) is 24.3 Å². The second-order valence-corrected chi connectivity index (χ2v) is 5.69. The Morgan fingerprint density at radius 1 is 1.50 bits per heavy atom. The minimum Gasteiger partial charge on any atom is -0.322 e. The lowest BCUT2D eigenvalue weighted by atomic mass is 10.2. The number of sulfone groups is 1. The minimum atomic E-state index is -3.35. The summed E-state index contributed by atoms with van der Waals surface area (Å²) in [6.07, 6.45) is 10.9. The third-order valence-corrected chi connectivity index (χ3v) is 4.61. The molecule has 86 valence electrons. The van der Waals surface area contributed by atoms with Crippen molar-refractivity contribution in [1.82, 2.24) is 9.55 Å². The summed E-state index contributed by atoms with van der Waals surface area (Å²) < 4.78 is 26.2. The van der Waals surface area contributed by atoms with Crippen molar-refractivity contribution in [2.45, 2.75) is 30.3 Å².